The molecule has 1 aromatic rings. The van der Waals surface area contributed by atoms with Crippen molar-refractivity contribution in [2.45, 2.75) is 32.4 Å². The van der Waals surface area contributed by atoms with E-state index in [-0.39, 0.29) is 23.5 Å². The second-order valence-corrected chi connectivity index (χ2v) is 4.64. The summed E-state index contributed by atoms with van der Waals surface area (Å²) in [6.07, 6.45) is -0.683. The molecule has 112 valence electrons. The van der Waals surface area contributed by atoms with Gasteiger partial charge in [0.2, 0.25) is 0 Å². The molecule has 0 aliphatic carbocycles. The van der Waals surface area contributed by atoms with Gasteiger partial charge in [-0.2, -0.15) is 0 Å². The van der Waals surface area contributed by atoms with Crippen LogP contribution in [0.4, 0.5) is 11.4 Å². The molecule has 0 spiro atoms. The van der Waals surface area contributed by atoms with Crippen molar-refractivity contribution < 1.29 is 24.4 Å². The number of carboxylic acids is 1. The summed E-state index contributed by atoms with van der Waals surface area (Å²) in [6.45, 7) is 3.13. The van der Waals surface area contributed by atoms with Crippen molar-refractivity contribution in [3.05, 3.63) is 28.3 Å². The van der Waals surface area contributed by atoms with Crippen LogP contribution >= 0.6 is 0 Å². The first-order chi connectivity index (χ1) is 9.86. The van der Waals surface area contributed by atoms with Crippen LogP contribution in [0.25, 0.3) is 0 Å². The number of nitro benzene ring substituents is 1. The minimum Gasteiger partial charge on any atom is -0.480 e. The number of hydrogen-bond acceptors (Lipinski definition) is 5. The van der Waals surface area contributed by atoms with Gasteiger partial charge in [-0.1, -0.05) is 6.92 Å². The molecule has 2 atom stereocenters. The first-order valence-corrected chi connectivity index (χ1v) is 6.37. The average molecular weight is 294 g/mol. The van der Waals surface area contributed by atoms with E-state index in [1.807, 2.05) is 0 Å². The number of nitro groups is 1. The van der Waals surface area contributed by atoms with E-state index in [9.17, 15) is 24.8 Å². The number of carboxylic acid groups (broad SMARTS) is 1. The quantitative estimate of drug-likeness (QED) is 0.666. The third kappa shape index (κ3) is 2.51. The molecule has 1 aromatic carbocycles. The summed E-state index contributed by atoms with van der Waals surface area (Å²) in [5.74, 6) is -1.48. The normalized spacial score (nSPS) is 18.7. The van der Waals surface area contributed by atoms with Crippen LogP contribution in [-0.2, 0) is 9.59 Å². The highest BCUT2D eigenvalue weighted by Gasteiger charge is 2.39. The van der Waals surface area contributed by atoms with Gasteiger partial charge in [0.1, 0.15) is 6.04 Å². The fraction of sp³-hybridized carbons (Fsp3) is 0.385. The standard InChI is InChI=1S/C13H14N2O6/c1-3-9(13(17)18)14-10-5-4-8(15(19)20)6-11(10)21-7(2)12(14)16/h4-7,9H,3H2,1-2H3,(H,17,18). The van der Waals surface area contributed by atoms with Gasteiger partial charge in [0.15, 0.2) is 11.9 Å². The number of amides is 1. The number of benzene rings is 1. The fourth-order valence-electron chi connectivity index (χ4n) is 2.25. The summed E-state index contributed by atoms with van der Waals surface area (Å²) >= 11 is 0. The molecule has 8 nitrogen and oxygen atoms in total. The number of ether oxygens (including phenoxy) is 1. The molecule has 1 N–H and O–H groups in total. The molecule has 1 aliphatic heterocycles. The van der Waals surface area contributed by atoms with Crippen LogP contribution in [0.1, 0.15) is 20.3 Å². The molecule has 2 rings (SSSR count). The molecule has 0 saturated heterocycles. The Kier molecular flexibility index (Phi) is 3.79. The Bertz CT molecular complexity index is 615. The van der Waals surface area contributed by atoms with Crippen LogP contribution in [0.5, 0.6) is 5.75 Å². The number of fused-ring (bicyclic) bond motifs is 1. The van der Waals surface area contributed by atoms with Crippen molar-refractivity contribution in [3.63, 3.8) is 0 Å². The summed E-state index contributed by atoms with van der Waals surface area (Å²) < 4.78 is 5.35. The number of rotatable bonds is 4. The molecular formula is C13H14N2O6. The molecule has 0 aromatic heterocycles. The number of carbonyl (C=O) groups is 2. The van der Waals surface area contributed by atoms with Crippen LogP contribution in [0, 0.1) is 10.1 Å². The Morgan fingerprint density at radius 2 is 2.24 bits per heavy atom. The van der Waals surface area contributed by atoms with E-state index in [1.54, 1.807) is 6.92 Å². The van der Waals surface area contributed by atoms with Crippen LogP contribution in [0.3, 0.4) is 0 Å². The van der Waals surface area contributed by atoms with Crippen molar-refractivity contribution in [2.75, 3.05) is 4.90 Å². The summed E-state index contributed by atoms with van der Waals surface area (Å²) in [4.78, 5) is 34.9. The van der Waals surface area contributed by atoms with Crippen molar-refractivity contribution in [2.24, 2.45) is 0 Å². The number of non-ortho nitro benzene ring substituents is 1. The Hall–Kier alpha value is -2.64. The number of aliphatic carboxylic acids is 1. The third-order valence-electron chi connectivity index (χ3n) is 3.29. The average Bonchev–Trinajstić information content (AvgIpc) is 2.42. The largest absolute Gasteiger partial charge is 0.480 e. The zero-order chi connectivity index (χ0) is 15.7. The third-order valence-corrected chi connectivity index (χ3v) is 3.29. The zero-order valence-corrected chi connectivity index (χ0v) is 11.5. The number of hydrogen-bond donors (Lipinski definition) is 1. The van der Waals surface area contributed by atoms with E-state index in [2.05, 4.69) is 0 Å². The van der Waals surface area contributed by atoms with Crippen LogP contribution < -0.4 is 9.64 Å². The summed E-state index contributed by atoms with van der Waals surface area (Å²) in [5.41, 5.74) is 0.0524. The summed E-state index contributed by atoms with van der Waals surface area (Å²) in [7, 11) is 0. The molecule has 0 radical (unpaired) electrons. The lowest BCUT2D eigenvalue weighted by Crippen LogP contribution is -2.52. The van der Waals surface area contributed by atoms with E-state index < -0.39 is 28.9 Å². The van der Waals surface area contributed by atoms with E-state index in [0.717, 1.165) is 4.90 Å². The highest BCUT2D eigenvalue weighted by molar-refractivity contribution is 6.04. The van der Waals surface area contributed by atoms with Crippen molar-refractivity contribution in [1.82, 2.24) is 0 Å². The second kappa shape index (κ2) is 5.39. The number of anilines is 1. The molecule has 0 bridgehead atoms. The highest BCUT2D eigenvalue weighted by Crippen LogP contribution is 2.38. The predicted octanol–water partition coefficient (Wildman–Crippen LogP) is 1.57. The van der Waals surface area contributed by atoms with Gasteiger partial charge < -0.3 is 9.84 Å². The van der Waals surface area contributed by atoms with Gasteiger partial charge in [-0.15, -0.1) is 0 Å². The Morgan fingerprint density at radius 1 is 1.57 bits per heavy atom. The lowest BCUT2D eigenvalue weighted by atomic mass is 10.1. The highest BCUT2D eigenvalue weighted by atomic mass is 16.6. The fourth-order valence-corrected chi connectivity index (χ4v) is 2.25. The van der Waals surface area contributed by atoms with Crippen LogP contribution in [0.15, 0.2) is 18.2 Å². The van der Waals surface area contributed by atoms with Gasteiger partial charge in [0.25, 0.3) is 11.6 Å². The van der Waals surface area contributed by atoms with Crippen molar-refractivity contribution >= 4 is 23.3 Å². The molecule has 21 heavy (non-hydrogen) atoms. The van der Waals surface area contributed by atoms with Crippen molar-refractivity contribution in [1.29, 1.82) is 0 Å². The van der Waals surface area contributed by atoms with Gasteiger partial charge in [-0.3, -0.25) is 19.8 Å². The lowest BCUT2D eigenvalue weighted by molar-refractivity contribution is -0.384. The molecule has 1 aliphatic rings. The Balaban J connectivity index is 2.55. The predicted molar refractivity (Wildman–Crippen MR) is 72.4 cm³/mol. The second-order valence-electron chi connectivity index (χ2n) is 4.64. The maximum Gasteiger partial charge on any atom is 0.326 e. The van der Waals surface area contributed by atoms with Crippen LogP contribution in [0.2, 0.25) is 0 Å². The van der Waals surface area contributed by atoms with Gasteiger partial charge in [0, 0.05) is 6.07 Å². The molecule has 2 unspecified atom stereocenters. The van der Waals surface area contributed by atoms with Gasteiger partial charge in [-0.05, 0) is 19.4 Å². The minimum absolute atomic E-state index is 0.135. The first-order valence-electron chi connectivity index (χ1n) is 6.37. The van der Waals surface area contributed by atoms with Gasteiger partial charge in [-0.25, -0.2) is 4.79 Å². The minimum atomic E-state index is -1.13. The molecular weight excluding hydrogens is 280 g/mol. The molecule has 0 fully saturated rings. The summed E-state index contributed by atoms with van der Waals surface area (Å²) in [5, 5.41) is 20.0. The maximum absolute atomic E-state index is 12.2. The number of nitrogens with zero attached hydrogens (tertiary/aromatic N) is 2. The smallest absolute Gasteiger partial charge is 0.326 e. The zero-order valence-electron chi connectivity index (χ0n) is 11.5. The van der Waals surface area contributed by atoms with E-state index in [4.69, 9.17) is 4.74 Å². The van der Waals surface area contributed by atoms with Gasteiger partial charge in [0.05, 0.1) is 16.7 Å². The van der Waals surface area contributed by atoms with Crippen molar-refractivity contribution in [3.8, 4) is 5.75 Å². The Morgan fingerprint density at radius 3 is 2.76 bits per heavy atom. The van der Waals surface area contributed by atoms with Gasteiger partial charge >= 0.3 is 5.97 Å². The first kappa shape index (κ1) is 14.8. The van der Waals surface area contributed by atoms with E-state index in [1.165, 1.54) is 25.1 Å². The molecule has 1 heterocycles. The van der Waals surface area contributed by atoms with E-state index >= 15 is 0 Å². The van der Waals surface area contributed by atoms with Crippen LogP contribution in [-0.4, -0.2) is 34.1 Å². The molecule has 1 amide bonds. The Labute approximate surface area is 120 Å². The lowest BCUT2D eigenvalue weighted by Gasteiger charge is -2.36. The molecule has 8 heteroatoms. The summed E-state index contributed by atoms with van der Waals surface area (Å²) in [6, 6.07) is 2.71. The topological polar surface area (TPSA) is 110 Å². The molecule has 0 saturated carbocycles. The van der Waals surface area contributed by atoms with E-state index in [0.29, 0.717) is 0 Å². The monoisotopic (exact) mass is 294 g/mol. The number of carbonyl (C=O) groups excluding carboxylic acids is 1. The SMILES string of the molecule is CCC(C(=O)O)N1C(=O)C(C)Oc2cc([N+](=O)[O-])ccc21. The maximum atomic E-state index is 12.2.